The maximum absolute atomic E-state index is 13.9. The van der Waals surface area contributed by atoms with Crippen molar-refractivity contribution in [1.29, 1.82) is 0 Å². The molecule has 0 saturated carbocycles. The molecule has 3 heterocycles. The van der Waals surface area contributed by atoms with Crippen LogP contribution in [0.3, 0.4) is 0 Å². The standard InChI is InChI=1S/C36H43N3O8/c1-6-22-21-37-13-11-23-17-32(43-2)34(45-4)19-28(23)30(37)15-25(22)16-31-29-20-35(46-5)33(44-3)18-24(29)12-14-38(31)36(40)47-27-9-7-26(8-10-27)39(41)42/h7-10,17-20,22,25,30-31H,6,11-16,21H2,1-5H3. The van der Waals surface area contributed by atoms with Crippen LogP contribution in [0.15, 0.2) is 48.5 Å². The first kappa shape index (κ1) is 32.4. The van der Waals surface area contributed by atoms with Gasteiger partial charge in [-0.25, -0.2) is 4.79 Å². The third-order valence-electron chi connectivity index (χ3n) is 10.3. The third-order valence-corrected chi connectivity index (χ3v) is 10.3. The molecule has 11 nitrogen and oxygen atoms in total. The first-order chi connectivity index (χ1) is 22.8. The van der Waals surface area contributed by atoms with Crippen LogP contribution in [0.4, 0.5) is 10.5 Å². The zero-order valence-corrected chi connectivity index (χ0v) is 27.7. The van der Waals surface area contributed by atoms with E-state index in [9.17, 15) is 14.9 Å². The number of hydrogen-bond acceptors (Lipinski definition) is 9. The van der Waals surface area contributed by atoms with Crippen LogP contribution in [0.1, 0.15) is 60.5 Å². The Bertz CT molecular complexity index is 1630. The topological polar surface area (TPSA) is 113 Å². The number of non-ortho nitro benzene ring substituents is 1. The molecule has 11 heteroatoms. The van der Waals surface area contributed by atoms with E-state index >= 15 is 0 Å². The molecule has 6 rings (SSSR count). The molecule has 0 radical (unpaired) electrons. The van der Waals surface area contributed by atoms with Gasteiger partial charge in [0.15, 0.2) is 23.0 Å². The van der Waals surface area contributed by atoms with Gasteiger partial charge in [-0.2, -0.15) is 0 Å². The fourth-order valence-corrected chi connectivity index (χ4v) is 7.84. The largest absolute Gasteiger partial charge is 0.493 e. The van der Waals surface area contributed by atoms with Gasteiger partial charge in [-0.15, -0.1) is 0 Å². The Kier molecular flexibility index (Phi) is 9.45. The van der Waals surface area contributed by atoms with Gasteiger partial charge in [0.2, 0.25) is 0 Å². The van der Waals surface area contributed by atoms with Crippen LogP contribution in [0.25, 0.3) is 0 Å². The molecule has 0 aliphatic carbocycles. The lowest BCUT2D eigenvalue weighted by Crippen LogP contribution is -2.48. The van der Waals surface area contributed by atoms with Crippen molar-refractivity contribution >= 4 is 11.8 Å². The quantitative estimate of drug-likeness (QED) is 0.184. The van der Waals surface area contributed by atoms with E-state index in [1.54, 1.807) is 28.4 Å². The number of ether oxygens (including phenoxy) is 5. The molecule has 3 aliphatic heterocycles. The van der Waals surface area contributed by atoms with E-state index in [4.69, 9.17) is 23.7 Å². The lowest BCUT2D eigenvalue weighted by atomic mass is 9.72. The summed E-state index contributed by atoms with van der Waals surface area (Å²) in [5.41, 5.74) is 4.68. The van der Waals surface area contributed by atoms with Crippen LogP contribution >= 0.6 is 0 Å². The van der Waals surface area contributed by atoms with E-state index in [0.29, 0.717) is 36.3 Å². The number of amides is 1. The molecule has 250 valence electrons. The van der Waals surface area contributed by atoms with Crippen LogP contribution < -0.4 is 23.7 Å². The van der Waals surface area contributed by atoms with Gasteiger partial charge in [0.05, 0.1) is 39.4 Å². The molecule has 3 aromatic carbocycles. The number of benzene rings is 3. The average molecular weight is 646 g/mol. The van der Waals surface area contributed by atoms with Crippen LogP contribution in [0.5, 0.6) is 28.7 Å². The number of piperidine rings is 1. The molecular weight excluding hydrogens is 602 g/mol. The second-order valence-electron chi connectivity index (χ2n) is 12.6. The number of nitrogens with zero attached hydrogens (tertiary/aromatic N) is 3. The third kappa shape index (κ3) is 6.28. The van der Waals surface area contributed by atoms with Gasteiger partial charge in [-0.3, -0.25) is 15.0 Å². The number of carbonyl (C=O) groups excluding carboxylic acids is 1. The molecule has 4 atom stereocenters. The molecule has 1 amide bonds. The van der Waals surface area contributed by atoms with Crippen LogP contribution in [0, 0.1) is 22.0 Å². The number of nitro groups is 1. The van der Waals surface area contributed by atoms with Gasteiger partial charge >= 0.3 is 6.09 Å². The fraction of sp³-hybridized carbons (Fsp3) is 0.472. The molecule has 0 spiro atoms. The second kappa shape index (κ2) is 13.7. The van der Waals surface area contributed by atoms with Gasteiger partial charge in [0.25, 0.3) is 5.69 Å². The van der Waals surface area contributed by atoms with E-state index in [1.165, 1.54) is 35.4 Å². The number of nitro benzene ring substituents is 1. The number of fused-ring (bicyclic) bond motifs is 4. The van der Waals surface area contributed by atoms with Gasteiger partial charge in [0.1, 0.15) is 5.75 Å². The van der Waals surface area contributed by atoms with E-state index < -0.39 is 11.0 Å². The highest BCUT2D eigenvalue weighted by Crippen LogP contribution is 2.49. The zero-order chi connectivity index (χ0) is 33.2. The summed E-state index contributed by atoms with van der Waals surface area (Å²) in [5, 5.41) is 11.2. The normalized spacial score (nSPS) is 21.9. The number of carbonyl (C=O) groups is 1. The summed E-state index contributed by atoms with van der Waals surface area (Å²) in [6, 6.07) is 13.9. The van der Waals surface area contributed by atoms with Gasteiger partial charge < -0.3 is 28.6 Å². The smallest absolute Gasteiger partial charge is 0.415 e. The van der Waals surface area contributed by atoms with E-state index in [2.05, 4.69) is 24.0 Å². The summed E-state index contributed by atoms with van der Waals surface area (Å²) in [5.74, 6) is 3.81. The first-order valence-electron chi connectivity index (χ1n) is 16.2. The van der Waals surface area contributed by atoms with Gasteiger partial charge in [0, 0.05) is 37.8 Å². The Balaban J connectivity index is 1.34. The Morgan fingerprint density at radius 2 is 1.40 bits per heavy atom. The minimum Gasteiger partial charge on any atom is -0.493 e. The molecule has 3 aromatic rings. The summed E-state index contributed by atoms with van der Waals surface area (Å²) in [4.78, 5) is 29.0. The molecule has 0 bridgehead atoms. The summed E-state index contributed by atoms with van der Waals surface area (Å²) >= 11 is 0. The van der Waals surface area contributed by atoms with Crippen LogP contribution in [-0.2, 0) is 12.8 Å². The van der Waals surface area contributed by atoms with Gasteiger partial charge in [-0.1, -0.05) is 13.3 Å². The van der Waals surface area contributed by atoms with Crippen LogP contribution in [-0.4, -0.2) is 68.9 Å². The summed E-state index contributed by atoms with van der Waals surface area (Å²) in [7, 11) is 6.60. The van der Waals surface area contributed by atoms with Crippen molar-refractivity contribution in [2.45, 2.75) is 51.1 Å². The molecule has 0 aromatic heterocycles. The summed E-state index contributed by atoms with van der Waals surface area (Å²) in [6.07, 6.45) is 3.86. The maximum Gasteiger partial charge on any atom is 0.415 e. The van der Waals surface area contributed by atoms with Crippen molar-refractivity contribution in [3.8, 4) is 28.7 Å². The van der Waals surface area contributed by atoms with Crippen molar-refractivity contribution in [1.82, 2.24) is 9.80 Å². The van der Waals surface area contributed by atoms with Crippen molar-refractivity contribution in [2.75, 3.05) is 48.1 Å². The number of hydrogen-bond donors (Lipinski definition) is 0. The Labute approximate surface area is 275 Å². The SMILES string of the molecule is CCC1CN2CCc3cc(OC)c(OC)cc3C2CC1CC1c2cc(OC)c(OC)cc2CCN1C(=O)Oc1ccc([N+](=O)[O-])cc1. The Morgan fingerprint density at radius 1 is 0.830 bits per heavy atom. The second-order valence-corrected chi connectivity index (χ2v) is 12.6. The van der Waals surface area contributed by atoms with Crippen molar-refractivity contribution in [3.63, 3.8) is 0 Å². The molecule has 1 fully saturated rings. The molecule has 0 N–H and O–H groups in total. The Morgan fingerprint density at radius 3 is 2.00 bits per heavy atom. The Hall–Kier alpha value is -4.51. The zero-order valence-electron chi connectivity index (χ0n) is 27.7. The average Bonchev–Trinajstić information content (AvgIpc) is 3.10. The predicted octanol–water partition coefficient (Wildman–Crippen LogP) is 6.76. The minimum absolute atomic E-state index is 0.0621. The van der Waals surface area contributed by atoms with Crippen molar-refractivity contribution in [3.05, 3.63) is 80.9 Å². The fourth-order valence-electron chi connectivity index (χ4n) is 7.84. The number of rotatable bonds is 9. The van der Waals surface area contributed by atoms with E-state index in [0.717, 1.165) is 61.4 Å². The monoisotopic (exact) mass is 645 g/mol. The minimum atomic E-state index is -0.477. The molecule has 3 aliphatic rings. The lowest BCUT2D eigenvalue weighted by molar-refractivity contribution is -0.384. The van der Waals surface area contributed by atoms with Crippen molar-refractivity contribution < 1.29 is 33.4 Å². The molecule has 4 unspecified atom stereocenters. The highest BCUT2D eigenvalue weighted by atomic mass is 16.6. The van der Waals surface area contributed by atoms with Gasteiger partial charge in [-0.05, 0) is 96.2 Å². The maximum atomic E-state index is 13.9. The lowest BCUT2D eigenvalue weighted by Gasteiger charge is -2.49. The first-order valence-corrected chi connectivity index (χ1v) is 16.2. The van der Waals surface area contributed by atoms with Crippen LogP contribution in [0.2, 0.25) is 0 Å². The molecular formula is C36H43N3O8. The van der Waals surface area contributed by atoms with E-state index in [1.807, 2.05) is 17.0 Å². The molecule has 47 heavy (non-hydrogen) atoms. The molecule has 1 saturated heterocycles. The highest BCUT2D eigenvalue weighted by Gasteiger charge is 2.42. The number of methoxy groups -OCH3 is 4. The summed E-state index contributed by atoms with van der Waals surface area (Å²) < 4.78 is 28.5. The predicted molar refractivity (Wildman–Crippen MR) is 176 cm³/mol. The van der Waals surface area contributed by atoms with E-state index in [-0.39, 0.29) is 23.5 Å². The van der Waals surface area contributed by atoms with Crippen molar-refractivity contribution in [2.24, 2.45) is 11.8 Å². The summed E-state index contributed by atoms with van der Waals surface area (Å²) in [6.45, 7) is 4.71. The highest BCUT2D eigenvalue weighted by molar-refractivity contribution is 5.72.